The molecule has 1 aromatic heterocycles. The SMILES string of the molecule is CCC(C)(C)OC(=O)NCCn1cnnn1. The standard InChI is InChI=1S/C9H17N5O2/c1-4-9(2,3)16-8(15)10-5-6-14-7-11-12-13-14/h7H,4-6H2,1-3H3,(H,10,15). The van der Waals surface area contributed by atoms with Crippen molar-refractivity contribution in [3.8, 4) is 0 Å². The fourth-order valence-corrected chi connectivity index (χ4v) is 0.914. The van der Waals surface area contributed by atoms with Crippen molar-refractivity contribution in [1.29, 1.82) is 0 Å². The Kier molecular flexibility index (Phi) is 4.21. The van der Waals surface area contributed by atoms with Gasteiger partial charge in [0.2, 0.25) is 0 Å². The maximum absolute atomic E-state index is 11.4. The van der Waals surface area contributed by atoms with Gasteiger partial charge >= 0.3 is 6.09 Å². The summed E-state index contributed by atoms with van der Waals surface area (Å²) in [5.41, 5.74) is -0.432. The maximum atomic E-state index is 11.4. The molecule has 0 aromatic carbocycles. The summed E-state index contributed by atoms with van der Waals surface area (Å²) < 4.78 is 6.73. The molecule has 0 atom stereocenters. The molecule has 0 fully saturated rings. The first-order chi connectivity index (χ1) is 7.53. The molecular weight excluding hydrogens is 210 g/mol. The van der Waals surface area contributed by atoms with E-state index < -0.39 is 11.7 Å². The summed E-state index contributed by atoms with van der Waals surface area (Å²) >= 11 is 0. The van der Waals surface area contributed by atoms with Crippen molar-refractivity contribution in [2.75, 3.05) is 6.54 Å². The summed E-state index contributed by atoms with van der Waals surface area (Å²) in [5, 5.41) is 13.3. The Labute approximate surface area is 94.2 Å². The average molecular weight is 227 g/mol. The maximum Gasteiger partial charge on any atom is 0.407 e. The van der Waals surface area contributed by atoms with Crippen molar-refractivity contribution >= 4 is 6.09 Å². The first-order valence-electron chi connectivity index (χ1n) is 5.21. The minimum atomic E-state index is -0.432. The first kappa shape index (κ1) is 12.4. The lowest BCUT2D eigenvalue weighted by molar-refractivity contribution is 0.0362. The number of carbonyl (C=O) groups excluding carboxylic acids is 1. The molecule has 0 saturated carbocycles. The molecule has 1 amide bonds. The zero-order valence-electron chi connectivity index (χ0n) is 9.80. The van der Waals surface area contributed by atoms with Gasteiger partial charge < -0.3 is 10.1 Å². The molecule has 7 nitrogen and oxygen atoms in total. The highest BCUT2D eigenvalue weighted by molar-refractivity contribution is 5.67. The Balaban J connectivity index is 2.20. The monoisotopic (exact) mass is 227 g/mol. The van der Waals surface area contributed by atoms with E-state index in [-0.39, 0.29) is 0 Å². The second kappa shape index (κ2) is 5.43. The molecule has 7 heteroatoms. The van der Waals surface area contributed by atoms with Gasteiger partial charge in [-0.15, -0.1) is 5.10 Å². The molecule has 0 unspecified atom stereocenters. The van der Waals surface area contributed by atoms with E-state index in [0.29, 0.717) is 13.1 Å². The van der Waals surface area contributed by atoms with Crippen LogP contribution in [-0.2, 0) is 11.3 Å². The summed E-state index contributed by atoms with van der Waals surface area (Å²) in [7, 11) is 0. The lowest BCUT2D eigenvalue weighted by Crippen LogP contribution is -2.35. The molecule has 16 heavy (non-hydrogen) atoms. The normalized spacial score (nSPS) is 11.2. The van der Waals surface area contributed by atoms with Crippen molar-refractivity contribution in [3.05, 3.63) is 6.33 Å². The molecule has 0 spiro atoms. The smallest absolute Gasteiger partial charge is 0.407 e. The van der Waals surface area contributed by atoms with Crippen molar-refractivity contribution in [2.24, 2.45) is 0 Å². The number of ether oxygens (including phenoxy) is 1. The number of tetrazole rings is 1. The van der Waals surface area contributed by atoms with E-state index in [1.807, 2.05) is 20.8 Å². The number of hydrogen-bond donors (Lipinski definition) is 1. The predicted molar refractivity (Wildman–Crippen MR) is 56.7 cm³/mol. The van der Waals surface area contributed by atoms with Gasteiger partial charge in [-0.25, -0.2) is 9.48 Å². The Morgan fingerprint density at radius 3 is 2.88 bits per heavy atom. The van der Waals surface area contributed by atoms with Gasteiger partial charge in [-0.05, 0) is 30.7 Å². The van der Waals surface area contributed by atoms with Crippen molar-refractivity contribution in [2.45, 2.75) is 39.3 Å². The third kappa shape index (κ3) is 4.24. The third-order valence-corrected chi connectivity index (χ3v) is 2.22. The number of hydrogen-bond acceptors (Lipinski definition) is 5. The Bertz CT molecular complexity index is 323. The van der Waals surface area contributed by atoms with E-state index >= 15 is 0 Å². The molecule has 0 radical (unpaired) electrons. The molecule has 0 aliphatic heterocycles. The highest BCUT2D eigenvalue weighted by Gasteiger charge is 2.19. The highest BCUT2D eigenvalue weighted by Crippen LogP contribution is 2.12. The zero-order valence-corrected chi connectivity index (χ0v) is 9.80. The van der Waals surface area contributed by atoms with Gasteiger partial charge in [-0.3, -0.25) is 0 Å². The number of nitrogens with zero attached hydrogens (tertiary/aromatic N) is 4. The molecule has 1 rings (SSSR count). The van der Waals surface area contributed by atoms with E-state index in [1.165, 1.54) is 11.0 Å². The lowest BCUT2D eigenvalue weighted by Gasteiger charge is -2.23. The van der Waals surface area contributed by atoms with E-state index in [1.54, 1.807) is 0 Å². The summed E-state index contributed by atoms with van der Waals surface area (Å²) in [6.45, 7) is 6.66. The van der Waals surface area contributed by atoms with Gasteiger partial charge in [0, 0.05) is 6.54 Å². The zero-order chi connectivity index (χ0) is 12.0. The van der Waals surface area contributed by atoms with E-state index in [2.05, 4.69) is 20.8 Å². The van der Waals surface area contributed by atoms with Crippen LogP contribution in [0.4, 0.5) is 4.79 Å². The lowest BCUT2D eigenvalue weighted by atomic mass is 10.1. The quantitative estimate of drug-likeness (QED) is 0.796. The number of aromatic nitrogens is 4. The van der Waals surface area contributed by atoms with Crippen LogP contribution in [0.3, 0.4) is 0 Å². The van der Waals surface area contributed by atoms with Crippen LogP contribution in [0, 0.1) is 0 Å². The predicted octanol–water partition coefficient (Wildman–Crippen LogP) is 0.588. The van der Waals surface area contributed by atoms with Crippen molar-refractivity contribution < 1.29 is 9.53 Å². The van der Waals surface area contributed by atoms with Crippen molar-refractivity contribution in [1.82, 2.24) is 25.5 Å². The summed E-state index contributed by atoms with van der Waals surface area (Å²) in [5.74, 6) is 0. The van der Waals surface area contributed by atoms with E-state index in [0.717, 1.165) is 6.42 Å². The van der Waals surface area contributed by atoms with Gasteiger partial charge in [0.05, 0.1) is 6.54 Å². The Morgan fingerprint density at radius 1 is 1.56 bits per heavy atom. The molecule has 90 valence electrons. The molecule has 0 saturated heterocycles. The van der Waals surface area contributed by atoms with Crippen LogP contribution in [0.15, 0.2) is 6.33 Å². The molecule has 1 N–H and O–H groups in total. The fourth-order valence-electron chi connectivity index (χ4n) is 0.914. The largest absolute Gasteiger partial charge is 0.444 e. The summed E-state index contributed by atoms with van der Waals surface area (Å²) in [6, 6.07) is 0. The van der Waals surface area contributed by atoms with Crippen molar-refractivity contribution in [3.63, 3.8) is 0 Å². The van der Waals surface area contributed by atoms with Crippen LogP contribution >= 0.6 is 0 Å². The first-order valence-corrected chi connectivity index (χ1v) is 5.21. The number of carbonyl (C=O) groups is 1. The van der Waals surface area contributed by atoms with Crippen LogP contribution in [0.25, 0.3) is 0 Å². The number of amides is 1. The Hall–Kier alpha value is -1.66. The Morgan fingerprint density at radius 2 is 2.31 bits per heavy atom. The van der Waals surface area contributed by atoms with Crippen LogP contribution < -0.4 is 5.32 Å². The van der Waals surface area contributed by atoms with Crippen LogP contribution in [-0.4, -0.2) is 38.4 Å². The molecule has 1 heterocycles. The van der Waals surface area contributed by atoms with Gasteiger partial charge in [0.1, 0.15) is 11.9 Å². The fraction of sp³-hybridized carbons (Fsp3) is 0.778. The number of nitrogens with one attached hydrogen (secondary N) is 1. The van der Waals surface area contributed by atoms with E-state index in [4.69, 9.17) is 4.74 Å². The van der Waals surface area contributed by atoms with Gasteiger partial charge in [-0.2, -0.15) is 0 Å². The summed E-state index contributed by atoms with van der Waals surface area (Å²) in [4.78, 5) is 11.4. The molecule has 1 aromatic rings. The number of alkyl carbamates (subject to hydrolysis) is 1. The van der Waals surface area contributed by atoms with Crippen LogP contribution in [0.2, 0.25) is 0 Å². The molecule has 0 bridgehead atoms. The second-order valence-electron chi connectivity index (χ2n) is 4.00. The minimum absolute atomic E-state index is 0.417. The molecular formula is C9H17N5O2. The second-order valence-corrected chi connectivity index (χ2v) is 4.00. The minimum Gasteiger partial charge on any atom is -0.444 e. The van der Waals surface area contributed by atoms with Crippen LogP contribution in [0.5, 0.6) is 0 Å². The third-order valence-electron chi connectivity index (χ3n) is 2.22. The topological polar surface area (TPSA) is 81.9 Å². The summed E-state index contributed by atoms with van der Waals surface area (Å²) in [6.07, 6.45) is 1.84. The molecule has 0 aliphatic carbocycles. The average Bonchev–Trinajstić information content (AvgIpc) is 2.70. The van der Waals surface area contributed by atoms with Gasteiger partial charge in [0.25, 0.3) is 0 Å². The van der Waals surface area contributed by atoms with E-state index in [9.17, 15) is 4.79 Å². The van der Waals surface area contributed by atoms with Gasteiger partial charge in [0.15, 0.2) is 0 Å². The number of rotatable bonds is 5. The van der Waals surface area contributed by atoms with Gasteiger partial charge in [-0.1, -0.05) is 6.92 Å². The highest BCUT2D eigenvalue weighted by atomic mass is 16.6. The van der Waals surface area contributed by atoms with Crippen LogP contribution in [0.1, 0.15) is 27.2 Å². The molecule has 0 aliphatic rings.